The lowest BCUT2D eigenvalue weighted by atomic mass is 9.94. The van der Waals surface area contributed by atoms with E-state index >= 15 is 0 Å². The number of likely N-dealkylation sites (tertiary alicyclic amines) is 1. The van der Waals surface area contributed by atoms with Gasteiger partial charge in [0.05, 0.1) is 5.60 Å². The molecule has 0 aliphatic carbocycles. The van der Waals surface area contributed by atoms with Gasteiger partial charge in [0.15, 0.2) is 0 Å². The fraction of sp³-hybridized carbons (Fsp3) is 0.435. The van der Waals surface area contributed by atoms with Gasteiger partial charge in [0.1, 0.15) is 0 Å². The maximum atomic E-state index is 12.7. The van der Waals surface area contributed by atoms with E-state index in [0.29, 0.717) is 26.1 Å². The highest BCUT2D eigenvalue weighted by Crippen LogP contribution is 2.24. The molecule has 5 nitrogen and oxygen atoms in total. The topological polar surface area (TPSA) is 55.8 Å². The number of carbonyl (C=O) groups is 1. The fourth-order valence-electron chi connectivity index (χ4n) is 3.92. The van der Waals surface area contributed by atoms with Crippen LogP contribution in [-0.4, -0.2) is 60.3 Å². The molecule has 0 aromatic heterocycles. The summed E-state index contributed by atoms with van der Waals surface area (Å²) in [7, 11) is 3.94. The van der Waals surface area contributed by atoms with Gasteiger partial charge in [0.2, 0.25) is 0 Å². The summed E-state index contributed by atoms with van der Waals surface area (Å²) in [4.78, 5) is 16.6. The summed E-state index contributed by atoms with van der Waals surface area (Å²) >= 11 is 0. The molecule has 1 fully saturated rings. The molecule has 3 rings (SSSR count). The average Bonchev–Trinajstić information content (AvgIpc) is 2.84. The number of hydrogen-bond acceptors (Lipinski definition) is 3. The summed E-state index contributed by atoms with van der Waals surface area (Å²) in [6.45, 7) is 1.87. The van der Waals surface area contributed by atoms with Crippen LogP contribution in [0.5, 0.6) is 0 Å². The van der Waals surface area contributed by atoms with E-state index in [-0.39, 0.29) is 6.03 Å². The Hall–Kier alpha value is -2.37. The Labute approximate surface area is 168 Å². The molecule has 0 radical (unpaired) electrons. The van der Waals surface area contributed by atoms with Crippen LogP contribution in [0, 0.1) is 0 Å². The van der Waals surface area contributed by atoms with Crippen molar-refractivity contribution >= 4 is 11.7 Å². The van der Waals surface area contributed by atoms with Crippen molar-refractivity contribution in [3.05, 3.63) is 65.7 Å². The molecule has 0 spiro atoms. The first kappa shape index (κ1) is 20.4. The summed E-state index contributed by atoms with van der Waals surface area (Å²) in [5.74, 6) is 0. The third-order valence-corrected chi connectivity index (χ3v) is 5.24. The zero-order chi connectivity index (χ0) is 20.0. The number of amides is 2. The Morgan fingerprint density at radius 2 is 1.82 bits per heavy atom. The highest BCUT2D eigenvalue weighted by Gasteiger charge is 2.31. The molecule has 1 heterocycles. The SMILES string of the molecule is CN(C)C[C@@]1(O)CCCN(C(=O)Nc2cccc(Cc3ccccc3)c2)CC1. The van der Waals surface area contributed by atoms with Crippen molar-refractivity contribution in [3.63, 3.8) is 0 Å². The van der Waals surface area contributed by atoms with Gasteiger partial charge in [-0.3, -0.25) is 0 Å². The first-order chi connectivity index (χ1) is 13.4. The van der Waals surface area contributed by atoms with Crippen molar-refractivity contribution in [3.8, 4) is 0 Å². The van der Waals surface area contributed by atoms with Crippen molar-refractivity contribution < 1.29 is 9.90 Å². The second kappa shape index (κ2) is 9.22. The second-order valence-electron chi connectivity index (χ2n) is 8.10. The predicted molar refractivity (Wildman–Crippen MR) is 114 cm³/mol. The predicted octanol–water partition coefficient (Wildman–Crippen LogP) is 3.59. The molecule has 2 aromatic rings. The van der Waals surface area contributed by atoms with Crippen LogP contribution < -0.4 is 5.32 Å². The first-order valence-corrected chi connectivity index (χ1v) is 9.99. The summed E-state index contributed by atoms with van der Waals surface area (Å²) < 4.78 is 0. The van der Waals surface area contributed by atoms with Crippen LogP contribution in [0.3, 0.4) is 0 Å². The molecule has 2 amide bonds. The van der Waals surface area contributed by atoms with E-state index in [9.17, 15) is 9.90 Å². The number of urea groups is 1. The molecule has 28 heavy (non-hydrogen) atoms. The summed E-state index contributed by atoms with van der Waals surface area (Å²) in [6.07, 6.45) is 2.98. The summed E-state index contributed by atoms with van der Waals surface area (Å²) in [5.41, 5.74) is 2.51. The minimum Gasteiger partial charge on any atom is -0.388 e. The zero-order valence-corrected chi connectivity index (χ0v) is 16.9. The smallest absolute Gasteiger partial charge is 0.321 e. The second-order valence-corrected chi connectivity index (χ2v) is 8.10. The van der Waals surface area contributed by atoms with Crippen LogP contribution in [-0.2, 0) is 6.42 Å². The molecule has 2 aromatic carbocycles. The van der Waals surface area contributed by atoms with Crippen molar-refractivity contribution in [1.82, 2.24) is 9.80 Å². The standard InChI is InChI=1S/C23H31N3O2/c1-25(2)18-23(28)12-7-14-26(15-13-23)22(27)24-21-11-6-10-20(17-21)16-19-8-4-3-5-9-19/h3-6,8-11,17,28H,7,12-16,18H2,1-2H3,(H,24,27)/t23-/m1/s1. The minimum atomic E-state index is -0.714. The van der Waals surface area contributed by atoms with Crippen LogP contribution in [0.1, 0.15) is 30.4 Å². The van der Waals surface area contributed by atoms with Gasteiger partial charge in [0, 0.05) is 25.3 Å². The van der Waals surface area contributed by atoms with Gasteiger partial charge in [-0.1, -0.05) is 42.5 Å². The van der Waals surface area contributed by atoms with Crippen LogP contribution in [0.15, 0.2) is 54.6 Å². The van der Waals surface area contributed by atoms with Crippen LogP contribution in [0.25, 0.3) is 0 Å². The van der Waals surface area contributed by atoms with Gasteiger partial charge in [-0.2, -0.15) is 0 Å². The van der Waals surface area contributed by atoms with E-state index in [1.54, 1.807) is 0 Å². The van der Waals surface area contributed by atoms with Gasteiger partial charge < -0.3 is 20.2 Å². The van der Waals surface area contributed by atoms with E-state index in [1.165, 1.54) is 11.1 Å². The Kier molecular flexibility index (Phi) is 6.70. The highest BCUT2D eigenvalue weighted by atomic mass is 16.3. The number of benzene rings is 2. The summed E-state index contributed by atoms with van der Waals surface area (Å²) in [6, 6.07) is 18.2. The molecule has 0 saturated carbocycles. The van der Waals surface area contributed by atoms with Gasteiger partial charge in [0.25, 0.3) is 0 Å². The van der Waals surface area contributed by atoms with E-state index in [4.69, 9.17) is 0 Å². The minimum absolute atomic E-state index is 0.0917. The highest BCUT2D eigenvalue weighted by molar-refractivity contribution is 5.89. The summed E-state index contributed by atoms with van der Waals surface area (Å²) in [5, 5.41) is 13.8. The van der Waals surface area contributed by atoms with Gasteiger partial charge in [-0.25, -0.2) is 4.79 Å². The van der Waals surface area contributed by atoms with Crippen molar-refractivity contribution in [2.45, 2.75) is 31.3 Å². The molecule has 5 heteroatoms. The average molecular weight is 382 g/mol. The largest absolute Gasteiger partial charge is 0.388 e. The third-order valence-electron chi connectivity index (χ3n) is 5.24. The maximum absolute atomic E-state index is 12.7. The number of anilines is 1. The van der Waals surface area contributed by atoms with Crippen molar-refractivity contribution in [1.29, 1.82) is 0 Å². The van der Waals surface area contributed by atoms with Crippen LogP contribution in [0.4, 0.5) is 10.5 Å². The first-order valence-electron chi connectivity index (χ1n) is 9.99. The molecule has 1 saturated heterocycles. The van der Waals surface area contributed by atoms with Crippen molar-refractivity contribution in [2.24, 2.45) is 0 Å². The van der Waals surface area contributed by atoms with Gasteiger partial charge >= 0.3 is 6.03 Å². The number of hydrogen-bond donors (Lipinski definition) is 2. The van der Waals surface area contributed by atoms with E-state index in [2.05, 4.69) is 23.5 Å². The number of aliphatic hydroxyl groups is 1. The van der Waals surface area contributed by atoms with E-state index in [0.717, 1.165) is 24.9 Å². The number of rotatable bonds is 5. The Morgan fingerprint density at radius 1 is 1.07 bits per heavy atom. The van der Waals surface area contributed by atoms with Crippen LogP contribution >= 0.6 is 0 Å². The molecule has 2 N–H and O–H groups in total. The molecule has 0 bridgehead atoms. The number of likely N-dealkylation sites (N-methyl/N-ethyl adjacent to an activating group) is 1. The lowest BCUT2D eigenvalue weighted by Gasteiger charge is -2.29. The quantitative estimate of drug-likeness (QED) is 0.832. The zero-order valence-electron chi connectivity index (χ0n) is 16.9. The third kappa shape index (κ3) is 5.81. The maximum Gasteiger partial charge on any atom is 0.321 e. The number of nitrogens with one attached hydrogen (secondary N) is 1. The van der Waals surface area contributed by atoms with Gasteiger partial charge in [-0.05, 0) is 63.0 Å². The Morgan fingerprint density at radius 3 is 2.57 bits per heavy atom. The normalized spacial score (nSPS) is 20.1. The monoisotopic (exact) mass is 381 g/mol. The molecule has 1 atom stereocenters. The van der Waals surface area contributed by atoms with E-state index < -0.39 is 5.60 Å². The van der Waals surface area contributed by atoms with E-state index in [1.807, 2.05) is 60.3 Å². The lowest BCUT2D eigenvalue weighted by molar-refractivity contribution is 0.00361. The fourth-order valence-corrected chi connectivity index (χ4v) is 3.92. The molecular weight excluding hydrogens is 350 g/mol. The molecular formula is C23H31N3O2. The molecule has 1 aliphatic heterocycles. The molecule has 150 valence electrons. The van der Waals surface area contributed by atoms with Gasteiger partial charge in [-0.15, -0.1) is 0 Å². The Bertz CT molecular complexity index is 778. The Balaban J connectivity index is 1.59. The number of nitrogens with zero attached hydrogens (tertiary/aromatic N) is 2. The molecule has 0 unspecified atom stereocenters. The molecule has 1 aliphatic rings. The van der Waals surface area contributed by atoms with Crippen molar-refractivity contribution in [2.75, 3.05) is 39.0 Å². The lowest BCUT2D eigenvalue weighted by Crippen LogP contribution is -2.42. The number of carbonyl (C=O) groups excluding carboxylic acids is 1. The van der Waals surface area contributed by atoms with Crippen LogP contribution in [0.2, 0.25) is 0 Å².